The lowest BCUT2D eigenvalue weighted by atomic mass is 9.71. The van der Waals surface area contributed by atoms with Gasteiger partial charge in [0.1, 0.15) is 5.54 Å². The van der Waals surface area contributed by atoms with Gasteiger partial charge in [0.15, 0.2) is 0 Å². The van der Waals surface area contributed by atoms with Crippen molar-refractivity contribution in [2.45, 2.75) is 37.5 Å². The van der Waals surface area contributed by atoms with Crippen LogP contribution in [0.15, 0.2) is 36.4 Å². The minimum Gasteiger partial charge on any atom is -0.302 e. The lowest BCUT2D eigenvalue weighted by Crippen LogP contribution is -2.61. The van der Waals surface area contributed by atoms with Gasteiger partial charge in [0.05, 0.1) is 17.3 Å². The molecule has 2 fully saturated rings. The smallest absolute Gasteiger partial charge is 0.302 e. The van der Waals surface area contributed by atoms with Crippen molar-refractivity contribution in [1.29, 1.82) is 0 Å². The molecule has 3 aliphatic heterocycles. The lowest BCUT2D eigenvalue weighted by molar-refractivity contribution is -0.137. The molecule has 7 heteroatoms. The average molecular weight is 336 g/mol. The number of halogens is 3. The van der Waals surface area contributed by atoms with E-state index in [2.05, 4.69) is 0 Å². The number of imide groups is 1. The summed E-state index contributed by atoms with van der Waals surface area (Å²) in [5.74, 6) is -0.555. The molecule has 3 amide bonds. The van der Waals surface area contributed by atoms with Crippen LogP contribution in [0.5, 0.6) is 0 Å². The third-order valence-corrected chi connectivity index (χ3v) is 5.36. The Kier molecular flexibility index (Phi) is 2.93. The van der Waals surface area contributed by atoms with E-state index in [1.165, 1.54) is 17.0 Å². The fraction of sp³-hybridized carbons (Fsp3) is 0.412. The fourth-order valence-corrected chi connectivity index (χ4v) is 4.08. The monoisotopic (exact) mass is 336 g/mol. The number of hydrogen-bond donors (Lipinski definition) is 0. The molecule has 2 saturated heterocycles. The maximum atomic E-state index is 13.0. The van der Waals surface area contributed by atoms with Gasteiger partial charge in [0.2, 0.25) is 0 Å². The van der Waals surface area contributed by atoms with Crippen LogP contribution in [-0.2, 0) is 11.0 Å². The van der Waals surface area contributed by atoms with Gasteiger partial charge in [0.25, 0.3) is 5.91 Å². The highest BCUT2D eigenvalue weighted by atomic mass is 19.4. The standard InChI is InChI=1S/C17H15F3N2O2/c1-16-10-5-7-12(8-6-10)22(16)15(24)21(14(16)23)13-4-2-3-11(9-13)17(18,19)20/h2-5,7,9-10,12H,6,8H2,1H3/t10?,12?,16-/m1/s1. The highest BCUT2D eigenvalue weighted by Gasteiger charge is 2.63. The third-order valence-electron chi connectivity index (χ3n) is 5.36. The van der Waals surface area contributed by atoms with Gasteiger partial charge >= 0.3 is 12.2 Å². The summed E-state index contributed by atoms with van der Waals surface area (Å²) in [4.78, 5) is 28.2. The first kappa shape index (κ1) is 15.2. The summed E-state index contributed by atoms with van der Waals surface area (Å²) < 4.78 is 38.8. The van der Waals surface area contributed by atoms with Crippen LogP contribution >= 0.6 is 0 Å². The number of hydrogen-bond acceptors (Lipinski definition) is 2. The molecule has 126 valence electrons. The Hall–Kier alpha value is -2.31. The van der Waals surface area contributed by atoms with Crippen molar-refractivity contribution in [1.82, 2.24) is 4.90 Å². The predicted octanol–water partition coefficient (Wildman–Crippen LogP) is 3.58. The molecule has 2 bridgehead atoms. The van der Waals surface area contributed by atoms with Gasteiger partial charge < -0.3 is 4.90 Å². The Bertz CT molecular complexity index is 773. The Balaban J connectivity index is 1.79. The van der Waals surface area contributed by atoms with E-state index in [4.69, 9.17) is 0 Å². The highest BCUT2D eigenvalue weighted by molar-refractivity contribution is 6.23. The number of anilines is 1. The molecule has 3 atom stereocenters. The molecule has 24 heavy (non-hydrogen) atoms. The van der Waals surface area contributed by atoms with Crippen molar-refractivity contribution in [3.8, 4) is 0 Å². The molecule has 0 aromatic heterocycles. The largest absolute Gasteiger partial charge is 0.416 e. The first-order valence-corrected chi connectivity index (χ1v) is 7.78. The van der Waals surface area contributed by atoms with Crippen LogP contribution in [0.2, 0.25) is 0 Å². The zero-order valence-corrected chi connectivity index (χ0v) is 12.9. The minimum atomic E-state index is -4.53. The van der Waals surface area contributed by atoms with Crippen LogP contribution in [0.1, 0.15) is 25.3 Å². The van der Waals surface area contributed by atoms with Crippen LogP contribution in [-0.4, -0.2) is 28.4 Å². The summed E-state index contributed by atoms with van der Waals surface area (Å²) in [5.41, 5.74) is -1.92. The summed E-state index contributed by atoms with van der Waals surface area (Å²) in [6.07, 6.45) is 0.900. The first-order valence-electron chi connectivity index (χ1n) is 7.78. The van der Waals surface area contributed by atoms with Gasteiger partial charge in [-0.25, -0.2) is 9.69 Å². The van der Waals surface area contributed by atoms with E-state index in [0.29, 0.717) is 0 Å². The Morgan fingerprint density at radius 3 is 2.50 bits per heavy atom. The first-order chi connectivity index (χ1) is 11.2. The molecule has 3 heterocycles. The second-order valence-corrected chi connectivity index (χ2v) is 6.62. The van der Waals surface area contributed by atoms with E-state index in [0.717, 1.165) is 29.9 Å². The molecule has 4 aliphatic rings. The van der Waals surface area contributed by atoms with Crippen molar-refractivity contribution >= 4 is 17.6 Å². The van der Waals surface area contributed by atoms with Crippen molar-refractivity contribution in [3.05, 3.63) is 42.0 Å². The van der Waals surface area contributed by atoms with Gasteiger partial charge in [0, 0.05) is 5.92 Å². The van der Waals surface area contributed by atoms with E-state index in [1.54, 1.807) is 6.92 Å². The Morgan fingerprint density at radius 1 is 1.17 bits per heavy atom. The summed E-state index contributed by atoms with van der Waals surface area (Å²) in [6, 6.07) is 3.64. The molecule has 1 aromatic carbocycles. The number of nitrogens with zero attached hydrogens (tertiary/aromatic N) is 2. The predicted molar refractivity (Wildman–Crippen MR) is 80.2 cm³/mol. The van der Waals surface area contributed by atoms with E-state index < -0.39 is 29.2 Å². The van der Waals surface area contributed by atoms with Crippen molar-refractivity contribution < 1.29 is 22.8 Å². The zero-order valence-electron chi connectivity index (χ0n) is 12.9. The van der Waals surface area contributed by atoms with Crippen LogP contribution in [0.4, 0.5) is 23.7 Å². The number of rotatable bonds is 1. The molecule has 0 spiro atoms. The summed E-state index contributed by atoms with van der Waals surface area (Å²) in [5, 5.41) is 0. The topological polar surface area (TPSA) is 40.6 Å². The lowest BCUT2D eigenvalue weighted by Gasteiger charge is -2.49. The van der Waals surface area contributed by atoms with Crippen molar-refractivity contribution in [2.75, 3.05) is 4.90 Å². The summed E-state index contributed by atoms with van der Waals surface area (Å²) >= 11 is 0. The SMILES string of the molecule is C[C@@]12C(=O)N(c3cccc(C(F)(F)F)c3)C(=O)N1C1C=CC2CC1. The maximum absolute atomic E-state index is 13.0. The molecular formula is C17H15F3N2O2. The second kappa shape index (κ2) is 4.62. The molecule has 2 unspecified atom stereocenters. The minimum absolute atomic E-state index is 0.0325. The Labute approximate surface area is 136 Å². The number of benzene rings is 1. The van der Waals surface area contributed by atoms with Gasteiger partial charge in [-0.05, 0) is 38.0 Å². The third kappa shape index (κ3) is 1.81. The number of urea groups is 1. The second-order valence-electron chi connectivity index (χ2n) is 6.62. The average Bonchev–Trinajstić information content (AvgIpc) is 2.76. The highest BCUT2D eigenvalue weighted by Crippen LogP contribution is 2.48. The molecule has 1 aliphatic carbocycles. The maximum Gasteiger partial charge on any atom is 0.416 e. The molecule has 4 nitrogen and oxygen atoms in total. The van der Waals surface area contributed by atoms with E-state index in [9.17, 15) is 22.8 Å². The summed E-state index contributed by atoms with van der Waals surface area (Å²) in [7, 11) is 0. The summed E-state index contributed by atoms with van der Waals surface area (Å²) in [6.45, 7) is 1.71. The van der Waals surface area contributed by atoms with Gasteiger partial charge in [-0.2, -0.15) is 13.2 Å². The van der Waals surface area contributed by atoms with Crippen LogP contribution in [0.25, 0.3) is 0 Å². The van der Waals surface area contributed by atoms with Gasteiger partial charge in [-0.1, -0.05) is 18.2 Å². The number of alkyl halides is 3. The van der Waals surface area contributed by atoms with E-state index >= 15 is 0 Å². The fourth-order valence-electron chi connectivity index (χ4n) is 4.08. The number of amides is 3. The normalized spacial score (nSPS) is 31.8. The Morgan fingerprint density at radius 2 is 1.92 bits per heavy atom. The van der Waals surface area contributed by atoms with Gasteiger partial charge in [-0.15, -0.1) is 0 Å². The van der Waals surface area contributed by atoms with Crippen LogP contribution in [0, 0.1) is 5.92 Å². The van der Waals surface area contributed by atoms with Crippen molar-refractivity contribution in [2.24, 2.45) is 5.92 Å². The molecule has 5 rings (SSSR count). The molecule has 0 saturated carbocycles. The quantitative estimate of drug-likeness (QED) is 0.581. The number of carbonyl (C=O) groups excluding carboxylic acids is 2. The number of fused-ring (bicyclic) bond motifs is 1. The number of piperidine rings is 1. The van der Waals surface area contributed by atoms with Crippen LogP contribution < -0.4 is 4.90 Å². The molecular weight excluding hydrogens is 321 g/mol. The molecule has 0 N–H and O–H groups in total. The number of carbonyl (C=O) groups is 2. The zero-order chi connectivity index (χ0) is 17.3. The van der Waals surface area contributed by atoms with E-state index in [1.807, 2.05) is 12.2 Å². The molecule has 1 aromatic rings. The van der Waals surface area contributed by atoms with Gasteiger partial charge in [-0.3, -0.25) is 4.79 Å². The van der Waals surface area contributed by atoms with Crippen LogP contribution in [0.3, 0.4) is 0 Å². The van der Waals surface area contributed by atoms with E-state index in [-0.39, 0.29) is 17.6 Å². The molecule has 0 radical (unpaired) electrons. The van der Waals surface area contributed by atoms with Crippen molar-refractivity contribution in [3.63, 3.8) is 0 Å².